The molecule has 0 radical (unpaired) electrons. The van der Waals surface area contributed by atoms with E-state index in [4.69, 9.17) is 11.6 Å². The Hall–Kier alpha value is -0.580. The van der Waals surface area contributed by atoms with Crippen LogP contribution in [-0.4, -0.2) is 28.0 Å². The van der Waals surface area contributed by atoms with Gasteiger partial charge in [0.25, 0.3) is 0 Å². The van der Waals surface area contributed by atoms with Gasteiger partial charge in [0.15, 0.2) is 0 Å². The Morgan fingerprint density at radius 2 is 2.05 bits per heavy atom. The van der Waals surface area contributed by atoms with Crippen molar-refractivity contribution in [3.8, 4) is 0 Å². The number of aromatic nitrogens is 2. The lowest BCUT2D eigenvalue weighted by molar-refractivity contribution is 0.133. The zero-order valence-corrected chi connectivity index (χ0v) is 13.3. The fraction of sp³-hybridized carbons (Fsp3) is 0.800. The first-order valence-corrected chi connectivity index (χ1v) is 8.08. The molecule has 1 heterocycles. The molecule has 4 nitrogen and oxygen atoms in total. The number of aliphatic hydroxyl groups is 1. The van der Waals surface area contributed by atoms with Crippen LogP contribution >= 0.6 is 11.6 Å². The average Bonchev–Trinajstić information content (AvgIpc) is 2.75. The van der Waals surface area contributed by atoms with Crippen LogP contribution in [0.25, 0.3) is 0 Å². The van der Waals surface area contributed by atoms with Crippen LogP contribution in [-0.2, 0) is 13.1 Å². The van der Waals surface area contributed by atoms with Gasteiger partial charge in [0, 0.05) is 19.7 Å². The molecule has 1 saturated carbocycles. The van der Waals surface area contributed by atoms with Crippen molar-refractivity contribution in [3.05, 3.63) is 16.4 Å². The van der Waals surface area contributed by atoms with Crippen molar-refractivity contribution in [1.82, 2.24) is 15.1 Å². The van der Waals surface area contributed by atoms with E-state index in [1.807, 2.05) is 11.6 Å². The van der Waals surface area contributed by atoms with Crippen LogP contribution in [0.1, 0.15) is 44.0 Å². The molecule has 2 rings (SSSR count). The number of hydrogen-bond donors (Lipinski definition) is 2. The standard InChI is InChI=1S/C15H26ClN3O/c1-3-19-14(15(16)11(2)18-19)9-17-8-12-6-4-5-7-13(12)10-20/h12-13,17,20H,3-10H2,1-2H3. The molecule has 1 aromatic rings. The minimum atomic E-state index is 0.319. The van der Waals surface area contributed by atoms with E-state index in [2.05, 4.69) is 17.3 Å². The van der Waals surface area contributed by atoms with E-state index < -0.39 is 0 Å². The van der Waals surface area contributed by atoms with E-state index in [0.29, 0.717) is 18.4 Å². The zero-order valence-electron chi connectivity index (χ0n) is 12.5. The molecule has 114 valence electrons. The number of nitrogens with zero attached hydrogens (tertiary/aromatic N) is 2. The van der Waals surface area contributed by atoms with Gasteiger partial charge in [-0.15, -0.1) is 0 Å². The summed E-state index contributed by atoms with van der Waals surface area (Å²) in [5, 5.41) is 18.2. The van der Waals surface area contributed by atoms with Crippen LogP contribution in [0.4, 0.5) is 0 Å². The lowest BCUT2D eigenvalue weighted by Gasteiger charge is -2.30. The van der Waals surface area contributed by atoms with Gasteiger partial charge in [-0.3, -0.25) is 4.68 Å². The highest BCUT2D eigenvalue weighted by atomic mass is 35.5. The van der Waals surface area contributed by atoms with E-state index in [-0.39, 0.29) is 0 Å². The third kappa shape index (κ3) is 3.54. The molecule has 20 heavy (non-hydrogen) atoms. The second kappa shape index (κ2) is 7.43. The topological polar surface area (TPSA) is 50.1 Å². The Morgan fingerprint density at radius 3 is 2.70 bits per heavy atom. The van der Waals surface area contributed by atoms with Crippen molar-refractivity contribution in [2.24, 2.45) is 11.8 Å². The number of nitrogens with one attached hydrogen (secondary N) is 1. The molecule has 1 aliphatic carbocycles. The molecule has 0 amide bonds. The smallest absolute Gasteiger partial charge is 0.0860 e. The summed E-state index contributed by atoms with van der Waals surface area (Å²) in [6.45, 7) is 6.89. The first-order valence-electron chi connectivity index (χ1n) is 7.70. The van der Waals surface area contributed by atoms with Crippen LogP contribution in [0.15, 0.2) is 0 Å². The van der Waals surface area contributed by atoms with Crippen LogP contribution in [0.2, 0.25) is 5.02 Å². The van der Waals surface area contributed by atoms with Gasteiger partial charge in [-0.25, -0.2) is 0 Å². The van der Waals surface area contributed by atoms with Crippen molar-refractivity contribution in [3.63, 3.8) is 0 Å². The number of rotatable bonds is 6. The number of aliphatic hydroxyl groups excluding tert-OH is 1. The first-order chi connectivity index (χ1) is 9.67. The number of halogens is 1. The summed E-state index contributed by atoms with van der Waals surface area (Å²) < 4.78 is 1.97. The van der Waals surface area contributed by atoms with Gasteiger partial charge in [-0.2, -0.15) is 5.10 Å². The van der Waals surface area contributed by atoms with Crippen molar-refractivity contribution in [2.45, 2.75) is 52.6 Å². The van der Waals surface area contributed by atoms with Gasteiger partial charge >= 0.3 is 0 Å². The predicted octanol–water partition coefficient (Wildman–Crippen LogP) is 2.75. The molecule has 1 fully saturated rings. The van der Waals surface area contributed by atoms with Gasteiger partial charge in [0.2, 0.25) is 0 Å². The summed E-state index contributed by atoms with van der Waals surface area (Å²) >= 11 is 6.31. The van der Waals surface area contributed by atoms with Crippen molar-refractivity contribution >= 4 is 11.6 Å². The van der Waals surface area contributed by atoms with Gasteiger partial charge in [-0.1, -0.05) is 24.4 Å². The van der Waals surface area contributed by atoms with Gasteiger partial charge in [-0.05, 0) is 45.1 Å². The Balaban J connectivity index is 1.89. The Morgan fingerprint density at radius 1 is 1.35 bits per heavy atom. The fourth-order valence-corrected chi connectivity index (χ4v) is 3.41. The Bertz CT molecular complexity index is 433. The first kappa shape index (κ1) is 15.8. The highest BCUT2D eigenvalue weighted by Gasteiger charge is 2.24. The fourth-order valence-electron chi connectivity index (χ4n) is 3.21. The Labute approximate surface area is 126 Å². The molecule has 0 spiro atoms. The van der Waals surface area contributed by atoms with E-state index in [1.165, 1.54) is 19.3 Å². The minimum Gasteiger partial charge on any atom is -0.396 e. The lowest BCUT2D eigenvalue weighted by atomic mass is 9.79. The molecule has 0 saturated heterocycles. The summed E-state index contributed by atoms with van der Waals surface area (Å²) in [6.07, 6.45) is 4.93. The van der Waals surface area contributed by atoms with Gasteiger partial charge in [0.05, 0.1) is 16.4 Å². The maximum Gasteiger partial charge on any atom is 0.0860 e. The average molecular weight is 300 g/mol. The minimum absolute atomic E-state index is 0.319. The number of hydrogen-bond acceptors (Lipinski definition) is 3. The summed E-state index contributed by atoms with van der Waals surface area (Å²) in [5.41, 5.74) is 1.97. The summed E-state index contributed by atoms with van der Waals surface area (Å²) in [5.74, 6) is 1.05. The van der Waals surface area contributed by atoms with Crippen LogP contribution in [0.3, 0.4) is 0 Å². The van der Waals surface area contributed by atoms with Crippen LogP contribution < -0.4 is 5.32 Å². The highest BCUT2D eigenvalue weighted by molar-refractivity contribution is 6.31. The van der Waals surface area contributed by atoms with Gasteiger partial charge < -0.3 is 10.4 Å². The van der Waals surface area contributed by atoms with Crippen LogP contribution in [0.5, 0.6) is 0 Å². The predicted molar refractivity (Wildman–Crippen MR) is 81.9 cm³/mol. The largest absolute Gasteiger partial charge is 0.396 e. The SMILES string of the molecule is CCn1nc(C)c(Cl)c1CNCC1CCCCC1CO. The molecule has 1 aliphatic rings. The van der Waals surface area contributed by atoms with E-state index in [0.717, 1.165) is 42.5 Å². The normalized spacial score (nSPS) is 23.2. The zero-order chi connectivity index (χ0) is 14.5. The molecule has 0 aliphatic heterocycles. The van der Waals surface area contributed by atoms with Crippen molar-refractivity contribution in [2.75, 3.05) is 13.2 Å². The molecular weight excluding hydrogens is 274 g/mol. The molecular formula is C15H26ClN3O. The van der Waals surface area contributed by atoms with Crippen molar-refractivity contribution < 1.29 is 5.11 Å². The van der Waals surface area contributed by atoms with Gasteiger partial charge in [0.1, 0.15) is 0 Å². The van der Waals surface area contributed by atoms with E-state index in [1.54, 1.807) is 0 Å². The quantitative estimate of drug-likeness (QED) is 0.849. The summed E-state index contributed by atoms with van der Waals surface area (Å²) in [7, 11) is 0. The molecule has 0 aromatic carbocycles. The highest BCUT2D eigenvalue weighted by Crippen LogP contribution is 2.29. The maximum absolute atomic E-state index is 9.44. The summed E-state index contributed by atoms with van der Waals surface area (Å²) in [6, 6.07) is 0. The van der Waals surface area contributed by atoms with E-state index >= 15 is 0 Å². The van der Waals surface area contributed by atoms with Crippen LogP contribution in [0, 0.1) is 18.8 Å². The summed E-state index contributed by atoms with van der Waals surface area (Å²) in [4.78, 5) is 0. The third-order valence-electron chi connectivity index (χ3n) is 4.45. The Kier molecular flexibility index (Phi) is 5.87. The molecule has 5 heteroatoms. The molecule has 2 N–H and O–H groups in total. The molecule has 0 bridgehead atoms. The third-order valence-corrected chi connectivity index (χ3v) is 4.94. The second-order valence-electron chi connectivity index (χ2n) is 5.78. The maximum atomic E-state index is 9.44. The molecule has 1 aromatic heterocycles. The second-order valence-corrected chi connectivity index (χ2v) is 6.16. The molecule has 2 unspecified atom stereocenters. The lowest BCUT2D eigenvalue weighted by Crippen LogP contribution is -2.32. The molecule has 2 atom stereocenters. The number of aryl methyl sites for hydroxylation is 2. The van der Waals surface area contributed by atoms with Crippen molar-refractivity contribution in [1.29, 1.82) is 0 Å². The monoisotopic (exact) mass is 299 g/mol. The van der Waals surface area contributed by atoms with E-state index in [9.17, 15) is 5.11 Å².